The van der Waals surface area contributed by atoms with E-state index in [2.05, 4.69) is 17.2 Å². The van der Waals surface area contributed by atoms with Gasteiger partial charge in [-0.15, -0.1) is 0 Å². The highest BCUT2D eigenvalue weighted by molar-refractivity contribution is 5.82. The molecular weight excluding hydrogens is 208 g/mol. The van der Waals surface area contributed by atoms with Crippen molar-refractivity contribution in [3.05, 3.63) is 0 Å². The van der Waals surface area contributed by atoms with Crippen molar-refractivity contribution >= 4 is 5.84 Å². The molecule has 2 unspecified atom stereocenters. The highest BCUT2D eigenvalue weighted by Crippen LogP contribution is 2.30. The number of nitrogens with zero attached hydrogens (tertiary/aromatic N) is 1. The van der Waals surface area contributed by atoms with Crippen LogP contribution in [0.15, 0.2) is 4.99 Å². The van der Waals surface area contributed by atoms with E-state index in [-0.39, 0.29) is 0 Å². The van der Waals surface area contributed by atoms with Gasteiger partial charge < -0.3 is 5.32 Å². The first-order valence-corrected chi connectivity index (χ1v) is 7.62. The van der Waals surface area contributed by atoms with Crippen molar-refractivity contribution in [3.8, 4) is 0 Å². The van der Waals surface area contributed by atoms with E-state index in [4.69, 9.17) is 0 Å². The number of amidine groups is 1. The molecule has 0 aromatic carbocycles. The second kappa shape index (κ2) is 7.03. The van der Waals surface area contributed by atoms with Gasteiger partial charge in [0.15, 0.2) is 0 Å². The van der Waals surface area contributed by atoms with Crippen LogP contribution in [0.4, 0.5) is 0 Å². The summed E-state index contributed by atoms with van der Waals surface area (Å²) in [6, 6.07) is 0. The van der Waals surface area contributed by atoms with Crippen LogP contribution in [0.25, 0.3) is 0 Å². The topological polar surface area (TPSA) is 24.4 Å². The molecule has 0 saturated heterocycles. The number of nitrogens with one attached hydrogen (secondary N) is 1. The van der Waals surface area contributed by atoms with Gasteiger partial charge in [-0.25, -0.2) is 0 Å². The van der Waals surface area contributed by atoms with E-state index in [9.17, 15) is 0 Å². The maximum absolute atomic E-state index is 4.63. The number of rotatable bonds is 3. The van der Waals surface area contributed by atoms with Crippen molar-refractivity contribution in [2.75, 3.05) is 13.1 Å². The molecule has 0 radical (unpaired) electrons. The molecule has 2 heteroatoms. The van der Waals surface area contributed by atoms with E-state index in [0.717, 1.165) is 24.9 Å². The van der Waals surface area contributed by atoms with Crippen LogP contribution >= 0.6 is 0 Å². The van der Waals surface area contributed by atoms with Crippen LogP contribution in [-0.4, -0.2) is 18.9 Å². The zero-order valence-electron chi connectivity index (χ0n) is 11.4. The summed E-state index contributed by atoms with van der Waals surface area (Å²) in [5.41, 5.74) is 0. The molecule has 2 nitrogen and oxygen atoms in total. The third-order valence-corrected chi connectivity index (χ3v) is 4.30. The maximum Gasteiger partial charge on any atom is 0.0963 e. The Morgan fingerprint density at radius 1 is 1.18 bits per heavy atom. The third-order valence-electron chi connectivity index (χ3n) is 4.30. The maximum atomic E-state index is 4.63. The molecule has 0 bridgehead atoms. The van der Waals surface area contributed by atoms with Gasteiger partial charge in [0.05, 0.1) is 5.84 Å². The van der Waals surface area contributed by atoms with Crippen LogP contribution in [0.5, 0.6) is 0 Å². The monoisotopic (exact) mass is 236 g/mol. The number of hydrogen-bond acceptors (Lipinski definition) is 2. The summed E-state index contributed by atoms with van der Waals surface area (Å²) in [6.45, 7) is 4.61. The summed E-state index contributed by atoms with van der Waals surface area (Å²) < 4.78 is 0. The zero-order chi connectivity index (χ0) is 11.9. The molecule has 1 aliphatic carbocycles. The fraction of sp³-hybridized carbons (Fsp3) is 0.933. The molecule has 0 spiro atoms. The Morgan fingerprint density at radius 2 is 2.12 bits per heavy atom. The van der Waals surface area contributed by atoms with E-state index in [0.29, 0.717) is 0 Å². The first kappa shape index (κ1) is 12.9. The van der Waals surface area contributed by atoms with Crippen molar-refractivity contribution < 1.29 is 0 Å². The van der Waals surface area contributed by atoms with Crippen LogP contribution in [0.3, 0.4) is 0 Å². The standard InChI is InChI=1S/C15H28N2/c1-13-6-5-7-14(12-13)9-11-17-15-8-3-2-4-10-16-15/h13-14H,2-12H2,1H3,(H,16,17). The van der Waals surface area contributed by atoms with Crippen molar-refractivity contribution in [2.45, 2.75) is 64.7 Å². The predicted molar refractivity (Wildman–Crippen MR) is 74.5 cm³/mol. The Morgan fingerprint density at radius 3 is 3.00 bits per heavy atom. The highest BCUT2D eigenvalue weighted by Gasteiger charge is 2.18. The molecule has 1 heterocycles. The Balaban J connectivity index is 1.63. The van der Waals surface area contributed by atoms with E-state index in [1.165, 1.54) is 63.6 Å². The van der Waals surface area contributed by atoms with Gasteiger partial charge in [0.25, 0.3) is 0 Å². The second-order valence-corrected chi connectivity index (χ2v) is 5.99. The molecule has 0 aromatic rings. The van der Waals surface area contributed by atoms with Crippen LogP contribution < -0.4 is 5.32 Å². The minimum Gasteiger partial charge on any atom is -0.374 e. The summed E-state index contributed by atoms with van der Waals surface area (Å²) in [7, 11) is 0. The summed E-state index contributed by atoms with van der Waals surface area (Å²) in [4.78, 5) is 4.63. The molecule has 2 aliphatic rings. The van der Waals surface area contributed by atoms with Gasteiger partial charge in [-0.2, -0.15) is 0 Å². The molecule has 0 aromatic heterocycles. The lowest BCUT2D eigenvalue weighted by molar-refractivity contribution is 0.270. The lowest BCUT2D eigenvalue weighted by atomic mass is 9.81. The molecule has 98 valence electrons. The number of hydrogen-bond donors (Lipinski definition) is 1. The SMILES string of the molecule is CC1CCCC(CCNC2=NCCCCC2)C1. The minimum atomic E-state index is 0.962. The largest absolute Gasteiger partial charge is 0.374 e. The molecule has 2 atom stereocenters. The molecule has 1 fully saturated rings. The molecule has 2 rings (SSSR count). The first-order valence-electron chi connectivity index (χ1n) is 7.62. The first-order chi connectivity index (χ1) is 8.34. The number of aliphatic imine (C=N–C) groups is 1. The van der Waals surface area contributed by atoms with Gasteiger partial charge in [0.2, 0.25) is 0 Å². The van der Waals surface area contributed by atoms with Crippen LogP contribution in [0.1, 0.15) is 64.7 Å². The minimum absolute atomic E-state index is 0.962. The van der Waals surface area contributed by atoms with Gasteiger partial charge in [-0.1, -0.05) is 32.6 Å². The average molecular weight is 236 g/mol. The lowest BCUT2D eigenvalue weighted by Crippen LogP contribution is -2.27. The van der Waals surface area contributed by atoms with Gasteiger partial charge in [-0.05, 0) is 37.5 Å². The van der Waals surface area contributed by atoms with Crippen molar-refractivity contribution in [3.63, 3.8) is 0 Å². The predicted octanol–water partition coefficient (Wildman–Crippen LogP) is 3.76. The molecule has 1 saturated carbocycles. The molecule has 1 N–H and O–H groups in total. The normalized spacial score (nSPS) is 30.5. The summed E-state index contributed by atoms with van der Waals surface area (Å²) in [5.74, 6) is 3.22. The zero-order valence-corrected chi connectivity index (χ0v) is 11.4. The molecular formula is C15H28N2. The van der Waals surface area contributed by atoms with Crippen LogP contribution in [-0.2, 0) is 0 Å². The quantitative estimate of drug-likeness (QED) is 0.792. The third kappa shape index (κ3) is 4.69. The Hall–Kier alpha value is -0.530. The van der Waals surface area contributed by atoms with Gasteiger partial charge in [0.1, 0.15) is 0 Å². The van der Waals surface area contributed by atoms with Crippen molar-refractivity contribution in [1.82, 2.24) is 5.32 Å². The Bertz CT molecular complexity index is 247. The van der Waals surface area contributed by atoms with Crippen molar-refractivity contribution in [1.29, 1.82) is 0 Å². The lowest BCUT2D eigenvalue weighted by Gasteiger charge is -2.26. The fourth-order valence-corrected chi connectivity index (χ4v) is 3.26. The van der Waals surface area contributed by atoms with Gasteiger partial charge in [0, 0.05) is 19.5 Å². The fourth-order valence-electron chi connectivity index (χ4n) is 3.26. The average Bonchev–Trinajstić information content (AvgIpc) is 2.58. The van der Waals surface area contributed by atoms with Gasteiger partial charge in [-0.3, -0.25) is 4.99 Å². The molecule has 17 heavy (non-hydrogen) atoms. The smallest absolute Gasteiger partial charge is 0.0963 e. The molecule has 1 aliphatic heterocycles. The van der Waals surface area contributed by atoms with Crippen LogP contribution in [0.2, 0.25) is 0 Å². The van der Waals surface area contributed by atoms with Crippen LogP contribution in [0, 0.1) is 11.8 Å². The van der Waals surface area contributed by atoms with Crippen molar-refractivity contribution in [2.24, 2.45) is 16.8 Å². The van der Waals surface area contributed by atoms with E-state index in [1.54, 1.807) is 0 Å². The van der Waals surface area contributed by atoms with E-state index < -0.39 is 0 Å². The highest BCUT2D eigenvalue weighted by atomic mass is 15.0. The summed E-state index contributed by atoms with van der Waals surface area (Å²) in [6.07, 6.45) is 12.3. The Kier molecular flexibility index (Phi) is 5.34. The van der Waals surface area contributed by atoms with E-state index in [1.807, 2.05) is 0 Å². The Labute approximate surface area is 106 Å². The van der Waals surface area contributed by atoms with E-state index >= 15 is 0 Å². The second-order valence-electron chi connectivity index (χ2n) is 5.99. The van der Waals surface area contributed by atoms with Gasteiger partial charge >= 0.3 is 0 Å². The molecule has 0 amide bonds. The summed E-state index contributed by atoms with van der Waals surface area (Å²) >= 11 is 0. The summed E-state index contributed by atoms with van der Waals surface area (Å²) in [5, 5.41) is 3.57.